The van der Waals surface area contributed by atoms with Crippen LogP contribution in [0.15, 0.2) is 6.20 Å². The standard InChI is InChI=1S/C9H12N2O3S2/c1-6-4-10-9(15-6)11-8(12)7-2-3-16(13,14)5-7/h4,7H,2-3,5H2,1H3,(H,10,11,12). The van der Waals surface area contributed by atoms with Crippen LogP contribution in [0.3, 0.4) is 0 Å². The van der Waals surface area contributed by atoms with E-state index in [4.69, 9.17) is 0 Å². The number of rotatable bonds is 2. The summed E-state index contributed by atoms with van der Waals surface area (Å²) in [5.41, 5.74) is 0. The fraction of sp³-hybridized carbons (Fsp3) is 0.556. The number of carbonyl (C=O) groups excluding carboxylic acids is 1. The van der Waals surface area contributed by atoms with Crippen LogP contribution in [0, 0.1) is 12.8 Å². The highest BCUT2D eigenvalue weighted by molar-refractivity contribution is 7.91. The average Bonchev–Trinajstić information content (AvgIpc) is 2.72. The van der Waals surface area contributed by atoms with E-state index in [1.807, 2.05) is 6.92 Å². The van der Waals surface area contributed by atoms with E-state index in [0.29, 0.717) is 11.6 Å². The van der Waals surface area contributed by atoms with E-state index in [0.717, 1.165) is 4.88 Å². The highest BCUT2D eigenvalue weighted by atomic mass is 32.2. The summed E-state index contributed by atoms with van der Waals surface area (Å²) in [6.45, 7) is 1.90. The quantitative estimate of drug-likeness (QED) is 0.854. The van der Waals surface area contributed by atoms with Crippen LogP contribution >= 0.6 is 11.3 Å². The van der Waals surface area contributed by atoms with Gasteiger partial charge in [-0.25, -0.2) is 13.4 Å². The lowest BCUT2D eigenvalue weighted by atomic mass is 10.1. The molecule has 0 aliphatic carbocycles. The molecule has 0 radical (unpaired) electrons. The molecule has 2 rings (SSSR count). The number of aryl methyl sites for hydroxylation is 1. The number of aromatic nitrogens is 1. The molecule has 0 aromatic carbocycles. The maximum absolute atomic E-state index is 11.7. The van der Waals surface area contributed by atoms with E-state index in [-0.39, 0.29) is 17.4 Å². The second kappa shape index (κ2) is 4.14. The molecule has 1 amide bonds. The Labute approximate surface area is 97.8 Å². The first kappa shape index (κ1) is 11.5. The lowest BCUT2D eigenvalue weighted by Crippen LogP contribution is -2.23. The Morgan fingerprint density at radius 3 is 2.88 bits per heavy atom. The van der Waals surface area contributed by atoms with Crippen LogP contribution in [-0.4, -0.2) is 30.8 Å². The molecule has 2 heterocycles. The fourth-order valence-corrected chi connectivity index (χ4v) is 4.03. The Balaban J connectivity index is 1.99. The smallest absolute Gasteiger partial charge is 0.230 e. The van der Waals surface area contributed by atoms with Crippen LogP contribution in [0.25, 0.3) is 0 Å². The molecule has 1 aliphatic rings. The molecule has 1 saturated heterocycles. The molecule has 1 fully saturated rings. The predicted octanol–water partition coefficient (Wildman–Crippen LogP) is 0.825. The summed E-state index contributed by atoms with van der Waals surface area (Å²) >= 11 is 1.38. The van der Waals surface area contributed by atoms with E-state index in [2.05, 4.69) is 10.3 Å². The Morgan fingerprint density at radius 1 is 1.62 bits per heavy atom. The molecule has 5 nitrogen and oxygen atoms in total. The third-order valence-corrected chi connectivity index (χ3v) is 5.05. The summed E-state index contributed by atoms with van der Waals surface area (Å²) in [5, 5.41) is 3.18. The van der Waals surface area contributed by atoms with Crippen molar-refractivity contribution in [2.24, 2.45) is 5.92 Å². The van der Waals surface area contributed by atoms with Gasteiger partial charge in [0.1, 0.15) is 0 Å². The lowest BCUT2D eigenvalue weighted by Gasteiger charge is -2.06. The van der Waals surface area contributed by atoms with Gasteiger partial charge in [0.2, 0.25) is 5.91 Å². The van der Waals surface area contributed by atoms with Crippen LogP contribution < -0.4 is 5.32 Å². The van der Waals surface area contributed by atoms with Crippen LogP contribution in [0.2, 0.25) is 0 Å². The van der Waals surface area contributed by atoms with E-state index in [1.165, 1.54) is 11.3 Å². The van der Waals surface area contributed by atoms with Gasteiger partial charge >= 0.3 is 0 Å². The van der Waals surface area contributed by atoms with Gasteiger partial charge < -0.3 is 5.32 Å². The first-order valence-electron chi connectivity index (χ1n) is 4.90. The van der Waals surface area contributed by atoms with E-state index < -0.39 is 15.8 Å². The molecule has 1 atom stereocenters. The highest BCUT2D eigenvalue weighted by Crippen LogP contribution is 2.22. The SMILES string of the molecule is Cc1cnc(NC(=O)C2CCS(=O)(=O)C2)s1. The molecule has 0 bridgehead atoms. The summed E-state index contributed by atoms with van der Waals surface area (Å²) in [4.78, 5) is 16.7. The zero-order valence-corrected chi connectivity index (χ0v) is 10.4. The molecular formula is C9H12N2O3S2. The van der Waals surface area contributed by atoms with Crippen LogP contribution in [-0.2, 0) is 14.6 Å². The van der Waals surface area contributed by atoms with Gasteiger partial charge in [-0.1, -0.05) is 0 Å². The Kier molecular flexibility index (Phi) is 2.98. The lowest BCUT2D eigenvalue weighted by molar-refractivity contribution is -0.119. The van der Waals surface area contributed by atoms with Crippen molar-refractivity contribution in [2.75, 3.05) is 16.8 Å². The molecular weight excluding hydrogens is 248 g/mol. The van der Waals surface area contributed by atoms with Gasteiger partial charge in [0.15, 0.2) is 15.0 Å². The number of sulfone groups is 1. The Bertz CT molecular complexity index is 507. The minimum Gasteiger partial charge on any atom is -0.302 e. The molecule has 0 saturated carbocycles. The number of nitrogens with one attached hydrogen (secondary N) is 1. The Hall–Kier alpha value is -0.950. The van der Waals surface area contributed by atoms with Gasteiger partial charge in [0.25, 0.3) is 0 Å². The van der Waals surface area contributed by atoms with Crippen molar-refractivity contribution in [1.82, 2.24) is 4.98 Å². The van der Waals surface area contributed by atoms with E-state index in [1.54, 1.807) is 6.20 Å². The average molecular weight is 260 g/mol. The zero-order valence-electron chi connectivity index (χ0n) is 8.76. The van der Waals surface area contributed by atoms with Crippen molar-refractivity contribution >= 4 is 32.2 Å². The normalized spacial score (nSPS) is 23.2. The van der Waals surface area contributed by atoms with Gasteiger partial charge in [-0.05, 0) is 13.3 Å². The van der Waals surface area contributed by atoms with E-state index >= 15 is 0 Å². The van der Waals surface area contributed by atoms with Gasteiger partial charge in [0, 0.05) is 11.1 Å². The second-order valence-corrected chi connectivity index (χ2v) is 7.33. The van der Waals surface area contributed by atoms with Crippen molar-refractivity contribution in [3.05, 3.63) is 11.1 Å². The molecule has 1 unspecified atom stereocenters. The summed E-state index contributed by atoms with van der Waals surface area (Å²) in [6.07, 6.45) is 2.09. The number of anilines is 1. The molecule has 88 valence electrons. The minimum absolute atomic E-state index is 0.0385. The number of hydrogen-bond acceptors (Lipinski definition) is 5. The maximum atomic E-state index is 11.7. The second-order valence-electron chi connectivity index (χ2n) is 3.87. The number of hydrogen-bond donors (Lipinski definition) is 1. The Morgan fingerprint density at radius 2 is 2.38 bits per heavy atom. The molecule has 16 heavy (non-hydrogen) atoms. The topological polar surface area (TPSA) is 76.1 Å². The number of carbonyl (C=O) groups is 1. The zero-order chi connectivity index (χ0) is 11.8. The van der Waals surface area contributed by atoms with Gasteiger partial charge in [-0.3, -0.25) is 4.79 Å². The molecule has 1 N–H and O–H groups in total. The number of nitrogens with zero attached hydrogens (tertiary/aromatic N) is 1. The molecule has 1 aromatic rings. The van der Waals surface area contributed by atoms with Gasteiger partial charge in [-0.2, -0.15) is 0 Å². The van der Waals surface area contributed by atoms with Crippen molar-refractivity contribution in [2.45, 2.75) is 13.3 Å². The van der Waals surface area contributed by atoms with E-state index in [9.17, 15) is 13.2 Å². The predicted molar refractivity (Wildman–Crippen MR) is 62.2 cm³/mol. The van der Waals surface area contributed by atoms with Crippen molar-refractivity contribution < 1.29 is 13.2 Å². The maximum Gasteiger partial charge on any atom is 0.230 e. The first-order chi connectivity index (χ1) is 7.46. The molecule has 7 heteroatoms. The summed E-state index contributed by atoms with van der Waals surface area (Å²) in [5.74, 6) is -0.588. The third-order valence-electron chi connectivity index (χ3n) is 2.45. The van der Waals surface area contributed by atoms with Gasteiger partial charge in [-0.15, -0.1) is 11.3 Å². The number of thiazole rings is 1. The van der Waals surface area contributed by atoms with Crippen LogP contribution in [0.4, 0.5) is 5.13 Å². The third kappa shape index (κ3) is 2.59. The number of amides is 1. The first-order valence-corrected chi connectivity index (χ1v) is 7.54. The van der Waals surface area contributed by atoms with Crippen molar-refractivity contribution in [1.29, 1.82) is 0 Å². The fourth-order valence-electron chi connectivity index (χ4n) is 1.62. The summed E-state index contributed by atoms with van der Waals surface area (Å²) in [7, 11) is -3.01. The van der Waals surface area contributed by atoms with Gasteiger partial charge in [0.05, 0.1) is 17.4 Å². The van der Waals surface area contributed by atoms with Crippen molar-refractivity contribution in [3.63, 3.8) is 0 Å². The molecule has 1 aliphatic heterocycles. The van der Waals surface area contributed by atoms with Crippen LogP contribution in [0.1, 0.15) is 11.3 Å². The van der Waals surface area contributed by atoms with Crippen LogP contribution in [0.5, 0.6) is 0 Å². The molecule has 0 spiro atoms. The largest absolute Gasteiger partial charge is 0.302 e. The van der Waals surface area contributed by atoms with Crippen molar-refractivity contribution in [3.8, 4) is 0 Å². The monoisotopic (exact) mass is 260 g/mol. The summed E-state index contributed by atoms with van der Waals surface area (Å²) < 4.78 is 22.4. The minimum atomic E-state index is -3.01. The highest BCUT2D eigenvalue weighted by Gasteiger charge is 2.33. The molecule has 1 aromatic heterocycles. The summed E-state index contributed by atoms with van der Waals surface area (Å²) in [6, 6.07) is 0.